The molecular formula is C6H15FNO4P. The highest BCUT2D eigenvalue weighted by Crippen LogP contribution is 2.45. The third-order valence-corrected chi connectivity index (χ3v) is 1.87. The van der Waals surface area contributed by atoms with Crippen LogP contribution < -0.4 is 0 Å². The maximum atomic E-state index is 11.5. The van der Waals surface area contributed by atoms with E-state index in [1.165, 1.54) is 5.06 Å². The molecule has 0 aromatic rings. The topological polar surface area (TPSA) is 59.0 Å². The molecule has 0 spiro atoms. The maximum Gasteiger partial charge on any atom is 0.520 e. The van der Waals surface area contributed by atoms with Gasteiger partial charge in [-0.25, -0.2) is 4.57 Å². The van der Waals surface area contributed by atoms with Gasteiger partial charge in [0, 0.05) is 12.1 Å². The van der Waals surface area contributed by atoms with Crippen molar-refractivity contribution in [2.75, 3.05) is 0 Å². The van der Waals surface area contributed by atoms with Crippen LogP contribution in [0, 0.1) is 0 Å². The Bertz CT molecular complexity index is 191. The number of nitrogens with zero attached hydrogens (tertiary/aromatic N) is 1. The Labute approximate surface area is 76.9 Å². The van der Waals surface area contributed by atoms with E-state index in [-0.39, 0.29) is 12.1 Å². The Balaban J connectivity index is 4.35. The summed E-state index contributed by atoms with van der Waals surface area (Å²) in [6, 6.07) is -0.286. The van der Waals surface area contributed by atoms with Crippen molar-refractivity contribution in [2.45, 2.75) is 39.8 Å². The predicted molar refractivity (Wildman–Crippen MR) is 45.2 cm³/mol. The maximum absolute atomic E-state index is 11.5. The van der Waals surface area contributed by atoms with Gasteiger partial charge in [0.25, 0.3) is 0 Å². The van der Waals surface area contributed by atoms with Gasteiger partial charge in [0.05, 0.1) is 0 Å². The van der Waals surface area contributed by atoms with Gasteiger partial charge in [0.2, 0.25) is 0 Å². The molecule has 5 nitrogen and oxygen atoms in total. The van der Waals surface area contributed by atoms with Crippen molar-refractivity contribution in [3.63, 3.8) is 0 Å². The fourth-order valence-corrected chi connectivity index (χ4v) is 1.56. The quantitative estimate of drug-likeness (QED) is 0.561. The Morgan fingerprint density at radius 2 is 1.69 bits per heavy atom. The van der Waals surface area contributed by atoms with E-state index >= 15 is 0 Å². The fourth-order valence-electron chi connectivity index (χ4n) is 0.917. The third kappa shape index (κ3) is 4.69. The molecule has 0 rings (SSSR count). The standard InChI is InChI=1S/C6H15FNO4P/c1-5(2)8(6(3)4)12-13(9,10)11-7/h5-6H,1-4H3,(H,9,10). The molecule has 0 aromatic heterocycles. The van der Waals surface area contributed by atoms with Crippen LogP contribution in [-0.2, 0) is 13.9 Å². The van der Waals surface area contributed by atoms with E-state index in [2.05, 4.69) is 9.35 Å². The van der Waals surface area contributed by atoms with Gasteiger partial charge in [-0.3, -0.25) is 4.89 Å². The molecule has 13 heavy (non-hydrogen) atoms. The molecule has 0 saturated heterocycles. The molecule has 0 aliphatic carbocycles. The number of hydrogen-bond acceptors (Lipinski definition) is 4. The van der Waals surface area contributed by atoms with Gasteiger partial charge in [0.15, 0.2) is 0 Å². The molecule has 0 aliphatic rings. The van der Waals surface area contributed by atoms with Crippen molar-refractivity contribution >= 4 is 7.82 Å². The van der Waals surface area contributed by atoms with E-state index < -0.39 is 7.82 Å². The normalized spacial score (nSPS) is 17.0. The molecule has 1 atom stereocenters. The van der Waals surface area contributed by atoms with E-state index in [1.807, 2.05) is 0 Å². The number of halogens is 1. The summed E-state index contributed by atoms with van der Waals surface area (Å²) in [6.07, 6.45) is 0. The van der Waals surface area contributed by atoms with Crippen LogP contribution in [0.5, 0.6) is 0 Å². The molecule has 0 bridgehead atoms. The fraction of sp³-hybridized carbons (Fsp3) is 1.00. The van der Waals surface area contributed by atoms with Crippen LogP contribution in [0.3, 0.4) is 0 Å². The second-order valence-corrected chi connectivity index (χ2v) is 4.41. The van der Waals surface area contributed by atoms with Crippen LogP contribution >= 0.6 is 7.82 Å². The molecule has 0 aliphatic heterocycles. The van der Waals surface area contributed by atoms with Crippen molar-refractivity contribution in [3.8, 4) is 0 Å². The molecule has 0 saturated carbocycles. The smallest absolute Gasteiger partial charge is 0.300 e. The SMILES string of the molecule is CC(C)N(OP(=O)(O)OF)C(C)C. The van der Waals surface area contributed by atoms with Gasteiger partial charge < -0.3 is 0 Å². The molecular weight excluding hydrogens is 200 g/mol. The molecule has 0 fully saturated rings. The van der Waals surface area contributed by atoms with Crippen LogP contribution in [0.25, 0.3) is 0 Å². The minimum atomic E-state index is -4.58. The first-order valence-corrected chi connectivity index (χ1v) is 5.41. The molecule has 1 N–H and O–H groups in total. The zero-order valence-electron chi connectivity index (χ0n) is 8.10. The summed E-state index contributed by atoms with van der Waals surface area (Å²) in [6.45, 7) is 6.99. The number of hydrogen-bond donors (Lipinski definition) is 1. The van der Waals surface area contributed by atoms with E-state index in [1.54, 1.807) is 27.7 Å². The Kier molecular flexibility index (Phi) is 5.02. The second-order valence-electron chi connectivity index (χ2n) is 3.17. The number of phosphoric acid groups is 1. The Hall–Kier alpha value is -0.0000000000000000555. The summed E-state index contributed by atoms with van der Waals surface area (Å²) in [5.41, 5.74) is 0. The monoisotopic (exact) mass is 215 g/mol. The first kappa shape index (κ1) is 13.0. The minimum Gasteiger partial charge on any atom is -0.300 e. The second kappa shape index (κ2) is 5.02. The van der Waals surface area contributed by atoms with Gasteiger partial charge in [-0.05, 0) is 32.2 Å². The highest BCUT2D eigenvalue weighted by atomic mass is 31.2. The van der Waals surface area contributed by atoms with Gasteiger partial charge in [-0.2, -0.15) is 9.69 Å². The van der Waals surface area contributed by atoms with Crippen molar-refractivity contribution < 1.29 is 23.3 Å². The number of rotatable bonds is 5. The van der Waals surface area contributed by atoms with Crippen molar-refractivity contribution in [3.05, 3.63) is 0 Å². The summed E-state index contributed by atoms with van der Waals surface area (Å²) in [7, 11) is -4.58. The zero-order valence-corrected chi connectivity index (χ0v) is 8.99. The Morgan fingerprint density at radius 3 is 1.92 bits per heavy atom. The Morgan fingerprint density at radius 1 is 1.31 bits per heavy atom. The molecule has 1 unspecified atom stereocenters. The molecule has 0 amide bonds. The lowest BCUT2D eigenvalue weighted by atomic mass is 10.3. The van der Waals surface area contributed by atoms with Crippen molar-refractivity contribution in [1.29, 1.82) is 0 Å². The molecule has 0 heterocycles. The summed E-state index contributed by atoms with van der Waals surface area (Å²) < 4.78 is 29.5. The van der Waals surface area contributed by atoms with Crippen molar-refractivity contribution in [2.24, 2.45) is 0 Å². The van der Waals surface area contributed by atoms with E-state index in [0.717, 1.165) is 0 Å². The highest BCUT2D eigenvalue weighted by Gasteiger charge is 2.29. The van der Waals surface area contributed by atoms with E-state index in [4.69, 9.17) is 4.89 Å². The van der Waals surface area contributed by atoms with Gasteiger partial charge >= 0.3 is 7.82 Å². The average Bonchev–Trinajstić information content (AvgIpc) is 1.99. The summed E-state index contributed by atoms with van der Waals surface area (Å²) in [5.74, 6) is 0. The van der Waals surface area contributed by atoms with E-state index in [9.17, 15) is 9.09 Å². The minimum absolute atomic E-state index is 0.143. The van der Waals surface area contributed by atoms with Crippen LogP contribution in [0.4, 0.5) is 4.53 Å². The highest BCUT2D eigenvalue weighted by molar-refractivity contribution is 7.47. The first-order valence-electron chi connectivity index (χ1n) is 3.91. The summed E-state index contributed by atoms with van der Waals surface area (Å²) >= 11 is 0. The van der Waals surface area contributed by atoms with Crippen molar-refractivity contribution in [1.82, 2.24) is 5.06 Å². The molecule has 80 valence electrons. The first-order chi connectivity index (χ1) is 5.80. The third-order valence-electron chi connectivity index (χ3n) is 1.30. The number of hydroxylamine groups is 2. The lowest BCUT2D eigenvalue weighted by Crippen LogP contribution is -2.36. The molecule has 0 radical (unpaired) electrons. The van der Waals surface area contributed by atoms with Crippen LogP contribution in [-0.4, -0.2) is 22.0 Å². The van der Waals surface area contributed by atoms with Crippen LogP contribution in [0.1, 0.15) is 27.7 Å². The lowest BCUT2D eigenvalue weighted by molar-refractivity contribution is -0.159. The predicted octanol–water partition coefficient (Wildman–Crippen LogP) is 2.04. The average molecular weight is 215 g/mol. The zero-order chi connectivity index (χ0) is 10.6. The van der Waals surface area contributed by atoms with Gasteiger partial charge in [0.1, 0.15) is 0 Å². The summed E-state index contributed by atoms with van der Waals surface area (Å²) in [5, 5.41) is 1.19. The van der Waals surface area contributed by atoms with Gasteiger partial charge in [-0.15, -0.1) is 0 Å². The van der Waals surface area contributed by atoms with Gasteiger partial charge in [-0.1, -0.05) is 4.73 Å². The largest absolute Gasteiger partial charge is 0.520 e. The molecule has 0 aromatic carbocycles. The van der Waals surface area contributed by atoms with Crippen LogP contribution in [0.2, 0.25) is 0 Å². The summed E-state index contributed by atoms with van der Waals surface area (Å²) in [4.78, 5) is 8.69. The van der Waals surface area contributed by atoms with Crippen LogP contribution in [0.15, 0.2) is 0 Å². The molecule has 7 heteroatoms. The van der Waals surface area contributed by atoms with E-state index in [0.29, 0.717) is 0 Å². The lowest BCUT2D eigenvalue weighted by Gasteiger charge is -2.28.